The van der Waals surface area contributed by atoms with Crippen LogP contribution in [0.25, 0.3) is 0 Å². The average molecular weight is 605 g/mol. The Kier molecular flexibility index (Phi) is 9.08. The van der Waals surface area contributed by atoms with Crippen molar-refractivity contribution in [2.24, 2.45) is 0 Å². The zero-order valence-electron chi connectivity index (χ0n) is 24.1. The minimum absolute atomic E-state index is 0.0690. The summed E-state index contributed by atoms with van der Waals surface area (Å²) in [6.45, 7) is -0.218. The highest BCUT2D eigenvalue weighted by atomic mass is 19.2. The van der Waals surface area contributed by atoms with Crippen LogP contribution < -0.4 is 9.47 Å². The number of piperidine rings is 1. The Labute approximate surface area is 253 Å². The number of benzene rings is 4. The summed E-state index contributed by atoms with van der Waals surface area (Å²) in [5.41, 5.74) is 1.87. The molecule has 0 aliphatic carbocycles. The molecule has 0 aromatic heterocycles. The highest BCUT2D eigenvalue weighted by Crippen LogP contribution is 2.40. The SMILES string of the molecule is COc1ccc(C(c2ccc(OC)cc2)N2C[C@@H](N(Cc3ccccc3)C(=O)O)[C@H](c3cc(F)c(F)cc3F)CC2=O)cc1. The zero-order valence-corrected chi connectivity index (χ0v) is 24.1. The van der Waals surface area contributed by atoms with Crippen LogP contribution in [-0.2, 0) is 11.3 Å². The van der Waals surface area contributed by atoms with Crippen molar-refractivity contribution in [1.82, 2.24) is 9.80 Å². The van der Waals surface area contributed by atoms with Crippen LogP contribution in [0.4, 0.5) is 18.0 Å². The third-order valence-corrected chi connectivity index (χ3v) is 8.02. The monoisotopic (exact) mass is 604 g/mol. The van der Waals surface area contributed by atoms with Crippen molar-refractivity contribution in [2.45, 2.75) is 31.0 Å². The van der Waals surface area contributed by atoms with E-state index >= 15 is 4.39 Å². The first-order valence-electron chi connectivity index (χ1n) is 14.0. The fourth-order valence-corrected chi connectivity index (χ4v) is 5.81. The molecule has 5 rings (SSSR count). The minimum Gasteiger partial charge on any atom is -0.497 e. The maximum absolute atomic E-state index is 15.2. The molecular formula is C34H31F3N2O5. The number of likely N-dealkylation sites (tertiary alicyclic amines) is 1. The second kappa shape index (κ2) is 13.1. The Morgan fingerprint density at radius 2 is 1.41 bits per heavy atom. The lowest BCUT2D eigenvalue weighted by Gasteiger charge is -2.46. The fraction of sp³-hybridized carbons (Fsp3) is 0.235. The van der Waals surface area contributed by atoms with Crippen LogP contribution in [0.15, 0.2) is 91.0 Å². The van der Waals surface area contributed by atoms with E-state index in [1.165, 1.54) is 0 Å². The van der Waals surface area contributed by atoms with Crippen molar-refractivity contribution >= 4 is 12.0 Å². The van der Waals surface area contributed by atoms with Crippen molar-refractivity contribution in [3.8, 4) is 11.5 Å². The number of nitrogens with zero attached hydrogens (tertiary/aromatic N) is 2. The second-order valence-corrected chi connectivity index (χ2v) is 10.6. The highest BCUT2D eigenvalue weighted by Gasteiger charge is 2.44. The molecule has 4 aromatic carbocycles. The zero-order chi connectivity index (χ0) is 31.4. The third-order valence-electron chi connectivity index (χ3n) is 8.02. The Morgan fingerprint density at radius 1 is 0.864 bits per heavy atom. The number of hydrogen-bond acceptors (Lipinski definition) is 4. The molecule has 7 nitrogen and oxygen atoms in total. The second-order valence-electron chi connectivity index (χ2n) is 10.6. The van der Waals surface area contributed by atoms with Crippen LogP contribution in [0, 0.1) is 17.5 Å². The molecule has 2 amide bonds. The van der Waals surface area contributed by atoms with Crippen molar-refractivity contribution in [2.75, 3.05) is 20.8 Å². The van der Waals surface area contributed by atoms with Gasteiger partial charge >= 0.3 is 6.09 Å². The van der Waals surface area contributed by atoms with Gasteiger partial charge in [-0.1, -0.05) is 54.6 Å². The summed E-state index contributed by atoms with van der Waals surface area (Å²) in [6, 6.07) is 22.6. The number of carboxylic acid groups (broad SMARTS) is 1. The molecule has 0 saturated carbocycles. The lowest BCUT2D eigenvalue weighted by Crippen LogP contribution is -2.56. The van der Waals surface area contributed by atoms with Crippen LogP contribution in [0.2, 0.25) is 0 Å². The first-order valence-corrected chi connectivity index (χ1v) is 14.0. The first kappa shape index (κ1) is 30.5. The number of ether oxygens (including phenoxy) is 2. The van der Waals surface area contributed by atoms with Crippen molar-refractivity contribution in [1.29, 1.82) is 0 Å². The normalized spacial score (nSPS) is 16.6. The van der Waals surface area contributed by atoms with Gasteiger partial charge in [-0.2, -0.15) is 0 Å². The number of methoxy groups -OCH3 is 2. The lowest BCUT2D eigenvalue weighted by molar-refractivity contribution is -0.138. The quantitative estimate of drug-likeness (QED) is 0.213. The molecule has 10 heteroatoms. The van der Waals surface area contributed by atoms with Gasteiger partial charge in [0.05, 0.1) is 26.3 Å². The van der Waals surface area contributed by atoms with Crippen LogP contribution in [-0.4, -0.2) is 53.7 Å². The van der Waals surface area contributed by atoms with Gasteiger partial charge < -0.3 is 19.5 Å². The molecule has 228 valence electrons. The molecule has 2 atom stereocenters. The summed E-state index contributed by atoms with van der Waals surface area (Å²) >= 11 is 0. The number of carbonyl (C=O) groups is 2. The molecular weight excluding hydrogens is 573 g/mol. The number of hydrogen-bond donors (Lipinski definition) is 1. The summed E-state index contributed by atoms with van der Waals surface area (Å²) in [5.74, 6) is -3.97. The van der Waals surface area contributed by atoms with Gasteiger partial charge in [0.2, 0.25) is 5.91 Å². The van der Waals surface area contributed by atoms with Gasteiger partial charge in [0.25, 0.3) is 0 Å². The van der Waals surface area contributed by atoms with Gasteiger partial charge in [0.1, 0.15) is 17.3 Å². The van der Waals surface area contributed by atoms with Crippen LogP contribution in [0.1, 0.15) is 40.6 Å². The van der Waals surface area contributed by atoms with E-state index in [4.69, 9.17) is 9.47 Å². The number of halogens is 3. The van der Waals surface area contributed by atoms with Crippen molar-refractivity contribution in [3.63, 3.8) is 0 Å². The van der Waals surface area contributed by atoms with E-state index in [2.05, 4.69) is 0 Å². The lowest BCUT2D eigenvalue weighted by atomic mass is 9.81. The van der Waals surface area contributed by atoms with Gasteiger partial charge in [-0.3, -0.25) is 9.69 Å². The highest BCUT2D eigenvalue weighted by molar-refractivity contribution is 5.80. The van der Waals surface area contributed by atoms with Crippen molar-refractivity contribution < 1.29 is 37.3 Å². The molecule has 0 bridgehead atoms. The molecule has 1 N–H and O–H groups in total. The summed E-state index contributed by atoms with van der Waals surface area (Å²) < 4.78 is 54.2. The molecule has 1 aliphatic heterocycles. The van der Waals surface area contributed by atoms with E-state index in [1.54, 1.807) is 73.7 Å². The third kappa shape index (κ3) is 6.34. The number of rotatable bonds is 9. The summed E-state index contributed by atoms with van der Waals surface area (Å²) in [7, 11) is 3.08. The predicted octanol–water partition coefficient (Wildman–Crippen LogP) is 6.78. The molecule has 1 heterocycles. The van der Waals surface area contributed by atoms with E-state index in [1.807, 2.05) is 24.3 Å². The van der Waals surface area contributed by atoms with E-state index in [9.17, 15) is 23.5 Å². The fourth-order valence-electron chi connectivity index (χ4n) is 5.81. The first-order chi connectivity index (χ1) is 21.2. The summed E-state index contributed by atoms with van der Waals surface area (Å²) in [5, 5.41) is 10.4. The average Bonchev–Trinajstić information content (AvgIpc) is 3.03. The standard InChI is InChI=1S/C34H31F3N2O5/c1-43-24-12-8-22(9-13-24)33(23-10-14-25(44-2)15-11-23)39-20-31(38(34(41)42)19-21-6-4-3-5-7-21)27(17-32(39)40)26-16-29(36)30(37)18-28(26)35/h3-16,18,27,31,33H,17,19-20H2,1-2H3,(H,41,42)/t27-,31+/m0/s1. The maximum Gasteiger partial charge on any atom is 0.407 e. The topological polar surface area (TPSA) is 79.3 Å². The van der Waals surface area contributed by atoms with Gasteiger partial charge in [-0.05, 0) is 52.6 Å². The molecule has 1 aliphatic rings. The smallest absolute Gasteiger partial charge is 0.407 e. The molecule has 44 heavy (non-hydrogen) atoms. The Morgan fingerprint density at radius 3 is 1.93 bits per heavy atom. The molecule has 0 spiro atoms. The Hall–Kier alpha value is -4.99. The van der Waals surface area contributed by atoms with Gasteiger partial charge in [-0.25, -0.2) is 18.0 Å². The summed E-state index contributed by atoms with van der Waals surface area (Å²) in [6.07, 6.45) is -1.64. The molecule has 1 saturated heterocycles. The van der Waals surface area contributed by atoms with E-state index < -0.39 is 47.5 Å². The van der Waals surface area contributed by atoms with E-state index in [0.29, 0.717) is 23.1 Å². The minimum atomic E-state index is -1.37. The molecule has 1 fully saturated rings. The van der Waals surface area contributed by atoms with E-state index in [0.717, 1.165) is 22.1 Å². The van der Waals surface area contributed by atoms with Crippen LogP contribution in [0.3, 0.4) is 0 Å². The Bertz CT molecular complexity index is 1570. The number of amides is 2. The van der Waals surface area contributed by atoms with E-state index in [-0.39, 0.29) is 25.1 Å². The van der Waals surface area contributed by atoms with Gasteiger partial charge in [-0.15, -0.1) is 0 Å². The Balaban J connectivity index is 1.62. The molecule has 0 radical (unpaired) electrons. The largest absolute Gasteiger partial charge is 0.497 e. The number of carbonyl (C=O) groups excluding carboxylic acids is 1. The molecule has 0 unspecified atom stereocenters. The predicted molar refractivity (Wildman–Crippen MR) is 157 cm³/mol. The molecule has 4 aromatic rings. The van der Waals surface area contributed by atoms with Crippen LogP contribution >= 0.6 is 0 Å². The van der Waals surface area contributed by atoms with Crippen LogP contribution in [0.5, 0.6) is 11.5 Å². The summed E-state index contributed by atoms with van der Waals surface area (Å²) in [4.78, 5) is 29.5. The van der Waals surface area contributed by atoms with Gasteiger partial charge in [0.15, 0.2) is 11.6 Å². The van der Waals surface area contributed by atoms with Gasteiger partial charge in [0, 0.05) is 31.5 Å². The van der Waals surface area contributed by atoms with Crippen molar-refractivity contribution in [3.05, 3.63) is 131 Å². The maximum atomic E-state index is 15.2.